The molecule has 0 bridgehead atoms. The number of aryl methyl sites for hydroxylation is 1. The standard InChI is InChI=1S/C14H24N2OS/c1-3-7-11-12(10-15)18-13(16-11)14(17-2)8-5-4-6-9-14/h3-10,15H2,1-2H3. The van der Waals surface area contributed by atoms with Crippen molar-refractivity contribution in [1.29, 1.82) is 0 Å². The molecule has 0 spiro atoms. The lowest BCUT2D eigenvalue weighted by molar-refractivity contribution is -0.0447. The first kappa shape index (κ1) is 14.0. The Labute approximate surface area is 114 Å². The first-order valence-corrected chi connectivity index (χ1v) is 7.81. The van der Waals surface area contributed by atoms with Gasteiger partial charge in [0.25, 0.3) is 0 Å². The summed E-state index contributed by atoms with van der Waals surface area (Å²) in [6, 6.07) is 0. The van der Waals surface area contributed by atoms with Crippen molar-refractivity contribution in [2.75, 3.05) is 7.11 Å². The van der Waals surface area contributed by atoms with Gasteiger partial charge in [-0.2, -0.15) is 0 Å². The van der Waals surface area contributed by atoms with E-state index in [1.165, 1.54) is 29.8 Å². The first-order valence-electron chi connectivity index (χ1n) is 7.00. The molecule has 0 saturated heterocycles. The molecule has 1 fully saturated rings. The number of hydrogen-bond donors (Lipinski definition) is 1. The third kappa shape index (κ3) is 2.60. The maximum absolute atomic E-state index is 5.86. The molecule has 1 aromatic rings. The van der Waals surface area contributed by atoms with E-state index in [4.69, 9.17) is 15.5 Å². The van der Waals surface area contributed by atoms with Gasteiger partial charge in [-0.25, -0.2) is 4.98 Å². The summed E-state index contributed by atoms with van der Waals surface area (Å²) in [7, 11) is 1.83. The van der Waals surface area contributed by atoms with Crippen molar-refractivity contribution >= 4 is 11.3 Å². The summed E-state index contributed by atoms with van der Waals surface area (Å²) in [4.78, 5) is 6.10. The molecule has 18 heavy (non-hydrogen) atoms. The SMILES string of the molecule is CCCc1nc(C2(OC)CCCCC2)sc1CN. The van der Waals surface area contributed by atoms with Crippen LogP contribution < -0.4 is 5.73 Å². The fourth-order valence-corrected chi connectivity index (χ4v) is 4.01. The minimum absolute atomic E-state index is 0.126. The highest BCUT2D eigenvalue weighted by Gasteiger charge is 2.37. The molecule has 2 rings (SSSR count). The smallest absolute Gasteiger partial charge is 0.125 e. The van der Waals surface area contributed by atoms with Crippen molar-refractivity contribution in [2.24, 2.45) is 5.73 Å². The average molecular weight is 268 g/mol. The van der Waals surface area contributed by atoms with E-state index in [9.17, 15) is 0 Å². The molecule has 1 aliphatic carbocycles. The van der Waals surface area contributed by atoms with Gasteiger partial charge in [-0.1, -0.05) is 32.6 Å². The number of nitrogens with two attached hydrogens (primary N) is 1. The molecule has 0 aliphatic heterocycles. The van der Waals surface area contributed by atoms with Crippen molar-refractivity contribution in [2.45, 2.75) is 64.0 Å². The van der Waals surface area contributed by atoms with Crippen molar-refractivity contribution in [3.63, 3.8) is 0 Å². The van der Waals surface area contributed by atoms with Crippen LogP contribution in [0.3, 0.4) is 0 Å². The predicted molar refractivity (Wildman–Crippen MR) is 75.8 cm³/mol. The van der Waals surface area contributed by atoms with E-state index in [0.29, 0.717) is 6.54 Å². The van der Waals surface area contributed by atoms with Gasteiger partial charge in [-0.3, -0.25) is 0 Å². The van der Waals surface area contributed by atoms with Gasteiger partial charge in [0.1, 0.15) is 10.6 Å². The van der Waals surface area contributed by atoms with Crippen LogP contribution in [0.5, 0.6) is 0 Å². The molecule has 1 heterocycles. The van der Waals surface area contributed by atoms with E-state index in [2.05, 4.69) is 6.92 Å². The molecule has 1 aromatic heterocycles. The highest BCUT2D eigenvalue weighted by Crippen LogP contribution is 2.42. The summed E-state index contributed by atoms with van der Waals surface area (Å²) < 4.78 is 5.86. The summed E-state index contributed by atoms with van der Waals surface area (Å²) in [6.07, 6.45) is 8.17. The topological polar surface area (TPSA) is 48.1 Å². The minimum Gasteiger partial charge on any atom is -0.371 e. The van der Waals surface area contributed by atoms with Crippen LogP contribution in [0.25, 0.3) is 0 Å². The molecule has 0 amide bonds. The third-order valence-electron chi connectivity index (χ3n) is 3.89. The fraction of sp³-hybridized carbons (Fsp3) is 0.786. The number of ether oxygens (including phenoxy) is 1. The van der Waals surface area contributed by atoms with Gasteiger partial charge in [0, 0.05) is 18.5 Å². The lowest BCUT2D eigenvalue weighted by Crippen LogP contribution is -2.31. The van der Waals surface area contributed by atoms with E-state index in [1.807, 2.05) is 7.11 Å². The molecule has 102 valence electrons. The van der Waals surface area contributed by atoms with Crippen LogP contribution in [0.1, 0.15) is 61.0 Å². The van der Waals surface area contributed by atoms with E-state index < -0.39 is 0 Å². The Morgan fingerprint density at radius 2 is 2.06 bits per heavy atom. The Morgan fingerprint density at radius 1 is 1.33 bits per heavy atom. The second-order valence-corrected chi connectivity index (χ2v) is 6.19. The lowest BCUT2D eigenvalue weighted by atomic mass is 9.85. The Bertz CT molecular complexity index is 383. The summed E-state index contributed by atoms with van der Waals surface area (Å²) in [5.74, 6) is 0. The molecule has 2 N–H and O–H groups in total. The van der Waals surface area contributed by atoms with E-state index in [1.54, 1.807) is 11.3 Å². The van der Waals surface area contributed by atoms with Crippen molar-refractivity contribution in [3.8, 4) is 0 Å². The molecule has 1 saturated carbocycles. The zero-order valence-electron chi connectivity index (χ0n) is 11.5. The highest BCUT2D eigenvalue weighted by atomic mass is 32.1. The first-order chi connectivity index (χ1) is 8.75. The second kappa shape index (κ2) is 6.13. The normalized spacial score (nSPS) is 19.1. The molecule has 0 unspecified atom stereocenters. The minimum atomic E-state index is -0.126. The molecule has 0 atom stereocenters. The molecular weight excluding hydrogens is 244 g/mol. The maximum atomic E-state index is 5.86. The number of rotatable bonds is 5. The summed E-state index contributed by atoms with van der Waals surface area (Å²) in [5, 5.41) is 1.16. The summed E-state index contributed by atoms with van der Waals surface area (Å²) in [6.45, 7) is 2.79. The van der Waals surface area contributed by atoms with Crippen LogP contribution in [0.2, 0.25) is 0 Å². The molecule has 1 aliphatic rings. The lowest BCUT2D eigenvalue weighted by Gasteiger charge is -2.34. The number of methoxy groups -OCH3 is 1. The molecule has 4 heteroatoms. The third-order valence-corrected chi connectivity index (χ3v) is 5.20. The monoisotopic (exact) mass is 268 g/mol. The molecular formula is C14H24N2OS. The number of nitrogens with zero attached hydrogens (tertiary/aromatic N) is 1. The van der Waals surface area contributed by atoms with Crippen molar-refractivity contribution in [1.82, 2.24) is 4.98 Å². The average Bonchev–Trinajstić information content (AvgIpc) is 2.84. The molecule has 0 aromatic carbocycles. The van der Waals surface area contributed by atoms with Gasteiger partial charge in [-0.05, 0) is 19.3 Å². The van der Waals surface area contributed by atoms with Gasteiger partial charge in [0.15, 0.2) is 0 Å². The number of aromatic nitrogens is 1. The zero-order valence-corrected chi connectivity index (χ0v) is 12.3. The summed E-state index contributed by atoms with van der Waals surface area (Å²) >= 11 is 1.77. The highest BCUT2D eigenvalue weighted by molar-refractivity contribution is 7.11. The van der Waals surface area contributed by atoms with E-state index in [0.717, 1.165) is 30.7 Å². The quantitative estimate of drug-likeness (QED) is 0.890. The van der Waals surface area contributed by atoms with Crippen LogP contribution in [-0.4, -0.2) is 12.1 Å². The van der Waals surface area contributed by atoms with Crippen molar-refractivity contribution < 1.29 is 4.74 Å². The Balaban J connectivity index is 2.30. The largest absolute Gasteiger partial charge is 0.371 e. The van der Waals surface area contributed by atoms with Crippen molar-refractivity contribution in [3.05, 3.63) is 15.6 Å². The van der Waals surface area contributed by atoms with Crippen LogP contribution in [0.15, 0.2) is 0 Å². The Hall–Kier alpha value is -0.450. The second-order valence-electron chi connectivity index (χ2n) is 5.10. The predicted octanol–water partition coefficient (Wildman–Crippen LogP) is 3.36. The Morgan fingerprint density at radius 3 is 2.61 bits per heavy atom. The molecule has 0 radical (unpaired) electrons. The Kier molecular flexibility index (Phi) is 4.76. The van der Waals surface area contributed by atoms with Gasteiger partial charge < -0.3 is 10.5 Å². The van der Waals surface area contributed by atoms with E-state index >= 15 is 0 Å². The van der Waals surface area contributed by atoms with E-state index in [-0.39, 0.29) is 5.60 Å². The van der Waals surface area contributed by atoms with Gasteiger partial charge >= 0.3 is 0 Å². The number of thiazole rings is 1. The summed E-state index contributed by atoms with van der Waals surface area (Å²) in [5.41, 5.74) is 6.91. The number of hydrogen-bond acceptors (Lipinski definition) is 4. The van der Waals surface area contributed by atoms with Crippen LogP contribution in [0.4, 0.5) is 0 Å². The van der Waals surface area contributed by atoms with Crippen LogP contribution in [-0.2, 0) is 23.3 Å². The van der Waals surface area contributed by atoms with Gasteiger partial charge in [-0.15, -0.1) is 11.3 Å². The fourth-order valence-electron chi connectivity index (χ4n) is 2.80. The van der Waals surface area contributed by atoms with Crippen LogP contribution in [0, 0.1) is 0 Å². The molecule has 3 nitrogen and oxygen atoms in total. The van der Waals surface area contributed by atoms with Gasteiger partial charge in [0.05, 0.1) is 5.69 Å². The van der Waals surface area contributed by atoms with Gasteiger partial charge in [0.2, 0.25) is 0 Å². The maximum Gasteiger partial charge on any atom is 0.125 e. The van der Waals surface area contributed by atoms with Crippen LogP contribution >= 0.6 is 11.3 Å². The zero-order chi connectivity index (χ0) is 13.0.